The fourth-order valence-corrected chi connectivity index (χ4v) is 5.37. The number of pyridine rings is 1. The molecule has 0 aliphatic heterocycles. The van der Waals surface area contributed by atoms with Crippen LogP contribution in [-0.4, -0.2) is 69.2 Å². The Hall–Kier alpha value is -6.57. The molecule has 0 aliphatic carbocycles. The number of fused-ring (bicyclic) bond motifs is 1. The van der Waals surface area contributed by atoms with Crippen LogP contribution in [0.15, 0.2) is 102 Å². The van der Waals surface area contributed by atoms with Crippen LogP contribution in [-0.2, 0) is 27.9 Å². The van der Waals surface area contributed by atoms with E-state index in [2.05, 4.69) is 22.2 Å². The lowest BCUT2D eigenvalue weighted by atomic mass is 10.1. The molecule has 5 rings (SSSR count). The molecule has 0 saturated heterocycles. The van der Waals surface area contributed by atoms with Gasteiger partial charge in [0, 0.05) is 36.6 Å². The summed E-state index contributed by atoms with van der Waals surface area (Å²) >= 11 is 0. The minimum absolute atomic E-state index is 0.0455. The first kappa shape index (κ1) is 41.2. The van der Waals surface area contributed by atoms with E-state index in [0.29, 0.717) is 41.2 Å². The van der Waals surface area contributed by atoms with Crippen LogP contribution in [0.3, 0.4) is 0 Å². The van der Waals surface area contributed by atoms with Crippen LogP contribution >= 0.6 is 0 Å². The highest BCUT2D eigenvalue weighted by atomic mass is 16.5. The van der Waals surface area contributed by atoms with Crippen molar-refractivity contribution in [3.8, 4) is 0 Å². The second kappa shape index (κ2) is 21.2. The standard InChI is InChI=1S/C34H41N7O5.C7H6O2/c1-4-6-7-10-21-46-34(44)39-32(35)24-12-15-26(16-13-24)37-23-30-38-27-22-25(14-17-28(27)40(30)3)33(43)41(20-18-31(42)45-5-2)29-11-8-9-19-36-29;8-7(9)6-4-2-1-3-5-6/h8-9,11-17,19,22,37H,4-7,10,18,20-21,23H2,1-3H3,(H2,35,39,44);1-5H,(H,8,9). The lowest BCUT2D eigenvalue weighted by Crippen LogP contribution is -2.34. The number of nitrogens with zero attached hydrogens (tertiary/aromatic N) is 5. The van der Waals surface area contributed by atoms with E-state index in [9.17, 15) is 19.2 Å². The van der Waals surface area contributed by atoms with Crippen molar-refractivity contribution < 1.29 is 33.8 Å². The number of esters is 1. The number of anilines is 2. The summed E-state index contributed by atoms with van der Waals surface area (Å²) in [6.07, 6.45) is 4.99. The quantitative estimate of drug-likeness (QED) is 0.0408. The third-order valence-electron chi connectivity index (χ3n) is 8.32. The molecule has 0 fully saturated rings. The Kier molecular flexibility index (Phi) is 15.9. The minimum atomic E-state index is -0.879. The first-order chi connectivity index (χ1) is 26.6. The van der Waals surface area contributed by atoms with E-state index in [4.69, 9.17) is 25.3 Å². The van der Waals surface area contributed by atoms with Gasteiger partial charge in [0.2, 0.25) is 0 Å². The molecule has 288 valence electrons. The zero-order valence-electron chi connectivity index (χ0n) is 31.3. The molecule has 14 heteroatoms. The van der Waals surface area contributed by atoms with Gasteiger partial charge in [-0.15, -0.1) is 0 Å². The summed E-state index contributed by atoms with van der Waals surface area (Å²) in [5, 5.41) is 11.7. The number of ether oxygens (including phenoxy) is 2. The van der Waals surface area contributed by atoms with E-state index in [1.807, 2.05) is 29.8 Å². The van der Waals surface area contributed by atoms with Gasteiger partial charge in [0.05, 0.1) is 42.8 Å². The topological polar surface area (TPSA) is 191 Å². The molecule has 0 spiro atoms. The summed E-state index contributed by atoms with van der Waals surface area (Å²) in [6, 6.07) is 26.2. The molecule has 0 atom stereocenters. The Bertz CT molecular complexity index is 2050. The lowest BCUT2D eigenvalue weighted by Gasteiger charge is -2.21. The number of amides is 2. The van der Waals surface area contributed by atoms with Crippen molar-refractivity contribution in [2.24, 2.45) is 17.8 Å². The summed E-state index contributed by atoms with van der Waals surface area (Å²) < 4.78 is 12.1. The number of carbonyl (C=O) groups excluding carboxylic acids is 3. The molecule has 4 N–H and O–H groups in total. The number of nitrogens with one attached hydrogen (secondary N) is 1. The number of imidazole rings is 1. The van der Waals surface area contributed by atoms with E-state index in [1.165, 1.54) is 4.90 Å². The highest BCUT2D eigenvalue weighted by molar-refractivity contribution is 6.07. The first-order valence-corrected chi connectivity index (χ1v) is 18.1. The molecule has 14 nitrogen and oxygen atoms in total. The molecule has 2 aromatic heterocycles. The Labute approximate surface area is 320 Å². The monoisotopic (exact) mass is 749 g/mol. The average Bonchev–Trinajstić information content (AvgIpc) is 3.52. The number of aliphatic imine (C=N–C) groups is 1. The van der Waals surface area contributed by atoms with E-state index in [1.54, 1.807) is 85.9 Å². The van der Waals surface area contributed by atoms with Crippen molar-refractivity contribution in [3.63, 3.8) is 0 Å². The maximum Gasteiger partial charge on any atom is 0.435 e. The largest absolute Gasteiger partial charge is 0.478 e. The van der Waals surface area contributed by atoms with Gasteiger partial charge in [0.25, 0.3) is 5.91 Å². The number of rotatable bonds is 16. The molecule has 2 heterocycles. The fraction of sp³-hybridized carbons (Fsp3) is 0.293. The molecular formula is C41H47N7O7. The van der Waals surface area contributed by atoms with Crippen LogP contribution in [0.4, 0.5) is 16.3 Å². The number of amidine groups is 1. The highest BCUT2D eigenvalue weighted by Crippen LogP contribution is 2.21. The van der Waals surface area contributed by atoms with Gasteiger partial charge >= 0.3 is 18.0 Å². The summed E-state index contributed by atoms with van der Waals surface area (Å²) in [7, 11) is 1.91. The summed E-state index contributed by atoms with van der Waals surface area (Å²) in [5.74, 6) is -0.259. The zero-order chi connectivity index (χ0) is 39.6. The van der Waals surface area contributed by atoms with E-state index in [-0.39, 0.29) is 37.3 Å². The summed E-state index contributed by atoms with van der Waals surface area (Å²) in [5.41, 5.74) is 9.73. The van der Waals surface area contributed by atoms with Crippen LogP contribution in [0.5, 0.6) is 0 Å². The number of unbranched alkanes of at least 4 members (excludes halogenated alkanes) is 3. The van der Waals surface area contributed by atoms with Crippen molar-refractivity contribution in [1.29, 1.82) is 0 Å². The Balaban J connectivity index is 0.000000654. The molecule has 0 saturated carbocycles. The third kappa shape index (κ3) is 12.5. The molecule has 0 unspecified atom stereocenters. The molecule has 0 aliphatic rings. The summed E-state index contributed by atoms with van der Waals surface area (Å²) in [6.45, 7) is 5.02. The number of carboxylic acids is 1. The van der Waals surface area contributed by atoms with Crippen molar-refractivity contribution >= 4 is 52.3 Å². The van der Waals surface area contributed by atoms with Gasteiger partial charge in [-0.25, -0.2) is 19.6 Å². The molecule has 2 amide bonds. The van der Waals surface area contributed by atoms with Crippen molar-refractivity contribution in [1.82, 2.24) is 14.5 Å². The predicted molar refractivity (Wildman–Crippen MR) is 211 cm³/mol. The first-order valence-electron chi connectivity index (χ1n) is 18.1. The number of hydrogen-bond acceptors (Lipinski definition) is 9. The van der Waals surface area contributed by atoms with Crippen molar-refractivity contribution in [2.45, 2.75) is 52.5 Å². The van der Waals surface area contributed by atoms with E-state index < -0.39 is 12.1 Å². The second-order valence-electron chi connectivity index (χ2n) is 12.3. The third-order valence-corrected chi connectivity index (χ3v) is 8.32. The Morgan fingerprint density at radius 3 is 2.25 bits per heavy atom. The normalized spacial score (nSPS) is 10.9. The number of aryl methyl sites for hydroxylation is 1. The van der Waals surface area contributed by atoms with Gasteiger partial charge in [-0.05, 0) is 80.1 Å². The predicted octanol–water partition coefficient (Wildman–Crippen LogP) is 6.99. The highest BCUT2D eigenvalue weighted by Gasteiger charge is 2.21. The second-order valence-corrected chi connectivity index (χ2v) is 12.3. The molecule has 0 radical (unpaired) electrons. The number of aromatic carboxylic acids is 1. The maximum absolute atomic E-state index is 13.6. The van der Waals surface area contributed by atoms with Gasteiger partial charge in [0.1, 0.15) is 17.5 Å². The maximum atomic E-state index is 13.6. The number of aromatic nitrogens is 3. The van der Waals surface area contributed by atoms with Gasteiger partial charge in [-0.2, -0.15) is 4.99 Å². The average molecular weight is 750 g/mol. The fourth-order valence-electron chi connectivity index (χ4n) is 5.37. The number of carboxylic acid groups (broad SMARTS) is 1. The molecular weight excluding hydrogens is 702 g/mol. The van der Waals surface area contributed by atoms with E-state index in [0.717, 1.165) is 42.7 Å². The van der Waals surface area contributed by atoms with Gasteiger partial charge in [-0.1, -0.05) is 50.5 Å². The lowest BCUT2D eigenvalue weighted by molar-refractivity contribution is -0.142. The molecule has 5 aromatic rings. The SMILES string of the molecule is CCCCCCOC(=O)/N=C(/N)c1ccc(NCc2nc3cc(C(=O)N(CCC(=O)OCC)c4ccccn4)ccc3n2C)cc1.O=C(O)c1ccccc1. The van der Waals surface area contributed by atoms with Gasteiger partial charge in [0.15, 0.2) is 0 Å². The molecule has 0 bridgehead atoms. The molecule has 55 heavy (non-hydrogen) atoms. The molecule has 3 aromatic carbocycles. The number of nitrogens with two attached hydrogens (primary N) is 1. The van der Waals surface area contributed by atoms with E-state index >= 15 is 0 Å². The zero-order valence-corrected chi connectivity index (χ0v) is 31.3. The van der Waals surface area contributed by atoms with Gasteiger partial charge in [-0.3, -0.25) is 14.5 Å². The Morgan fingerprint density at radius 1 is 0.873 bits per heavy atom. The van der Waals surface area contributed by atoms with Crippen LogP contribution in [0.2, 0.25) is 0 Å². The van der Waals surface area contributed by atoms with Crippen molar-refractivity contribution in [2.75, 3.05) is 30.0 Å². The van der Waals surface area contributed by atoms with Crippen LogP contribution in [0.25, 0.3) is 11.0 Å². The van der Waals surface area contributed by atoms with Gasteiger partial charge < -0.3 is 30.2 Å². The smallest absolute Gasteiger partial charge is 0.435 e. The van der Waals surface area contributed by atoms with Crippen LogP contribution in [0.1, 0.15) is 78.1 Å². The number of carbonyl (C=O) groups is 4. The number of benzene rings is 3. The minimum Gasteiger partial charge on any atom is -0.478 e. The Morgan fingerprint density at radius 2 is 1.60 bits per heavy atom. The van der Waals surface area contributed by atoms with Crippen LogP contribution in [0, 0.1) is 0 Å². The van der Waals surface area contributed by atoms with Crippen molar-refractivity contribution in [3.05, 3.63) is 120 Å². The number of hydrogen-bond donors (Lipinski definition) is 3. The summed E-state index contributed by atoms with van der Waals surface area (Å²) in [4.78, 5) is 62.2. The van der Waals surface area contributed by atoms with Crippen LogP contribution < -0.4 is 16.0 Å².